The van der Waals surface area contributed by atoms with Crippen molar-refractivity contribution in [3.63, 3.8) is 0 Å². The number of nitriles is 1. The molecule has 2 saturated heterocycles. The maximum Gasteiger partial charge on any atom is 0.264 e. The monoisotopic (exact) mass is 1030 g/mol. The van der Waals surface area contributed by atoms with E-state index in [0.29, 0.717) is 61.1 Å². The average Bonchev–Trinajstić information content (AvgIpc) is 3.68. The quantitative estimate of drug-likeness (QED) is 0.0382. The molecule has 17 heteroatoms. The second kappa shape index (κ2) is 25.4. The van der Waals surface area contributed by atoms with Crippen LogP contribution in [-0.2, 0) is 43.7 Å². The fourth-order valence-corrected chi connectivity index (χ4v) is 10.0. The van der Waals surface area contributed by atoms with Crippen LogP contribution in [0.3, 0.4) is 0 Å². The Morgan fingerprint density at radius 1 is 0.747 bits per heavy atom. The highest BCUT2D eigenvalue weighted by atomic mass is 35.5. The van der Waals surface area contributed by atoms with E-state index in [9.17, 15) is 38.8 Å². The Morgan fingerprint density at radius 3 is 2.29 bits per heavy atom. The topological polar surface area (TPSA) is 216 Å². The van der Waals surface area contributed by atoms with Crippen LogP contribution in [0.2, 0.25) is 5.02 Å². The van der Waals surface area contributed by atoms with Gasteiger partial charge in [-0.25, -0.2) is 0 Å². The molecule has 5 aromatic carbocycles. The molecule has 0 radical (unpaired) electrons. The lowest BCUT2D eigenvalue weighted by Gasteiger charge is -2.35. The number of nitrogens with zero attached hydrogens (tertiary/aromatic N) is 3. The average molecular weight is 1030 g/mol. The maximum atomic E-state index is 13.7. The highest BCUT2D eigenvalue weighted by Gasteiger charge is 2.45. The van der Waals surface area contributed by atoms with Crippen LogP contribution in [0.25, 0.3) is 11.1 Å². The maximum absolute atomic E-state index is 13.7. The number of fused-ring (bicyclic) bond motifs is 1. The predicted molar refractivity (Wildman–Crippen MR) is 281 cm³/mol. The van der Waals surface area contributed by atoms with Crippen LogP contribution in [0.4, 0.5) is 5.69 Å². The molecule has 2 unspecified atom stereocenters. The van der Waals surface area contributed by atoms with Gasteiger partial charge >= 0.3 is 0 Å². The van der Waals surface area contributed by atoms with Crippen molar-refractivity contribution in [2.24, 2.45) is 0 Å². The molecule has 2 fully saturated rings. The van der Waals surface area contributed by atoms with Crippen LogP contribution in [0.15, 0.2) is 103 Å². The zero-order chi connectivity index (χ0) is 52.8. The van der Waals surface area contributed by atoms with Gasteiger partial charge in [0.2, 0.25) is 29.5 Å². The summed E-state index contributed by atoms with van der Waals surface area (Å²) in [5.74, 6) is -2.26. The lowest BCUT2D eigenvalue weighted by atomic mass is 9.97. The fraction of sp³-hybridized carbons (Fsp3) is 0.345. The molecule has 7 amide bonds. The molecule has 3 aliphatic rings. The van der Waals surface area contributed by atoms with Crippen molar-refractivity contribution in [1.82, 2.24) is 25.8 Å². The molecule has 3 heterocycles. The van der Waals surface area contributed by atoms with Gasteiger partial charge in [0.15, 0.2) is 0 Å². The van der Waals surface area contributed by atoms with E-state index in [4.69, 9.17) is 21.1 Å². The minimum absolute atomic E-state index is 0.00895. The number of nitrogens with one attached hydrogen (secondary N) is 4. The lowest BCUT2D eigenvalue weighted by molar-refractivity contribution is -0.136. The Bertz CT molecular complexity index is 3010. The molecule has 4 N–H and O–H groups in total. The molecular weight excluding hydrogens is 974 g/mol. The van der Waals surface area contributed by atoms with Crippen LogP contribution in [0.5, 0.6) is 11.5 Å². The minimum atomic E-state index is -1.13. The molecule has 8 rings (SSSR count). The van der Waals surface area contributed by atoms with E-state index in [2.05, 4.69) is 57.4 Å². The zero-order valence-corrected chi connectivity index (χ0v) is 42.6. The molecule has 2 atom stereocenters. The molecule has 3 aliphatic heterocycles. The van der Waals surface area contributed by atoms with Gasteiger partial charge in [-0.1, -0.05) is 84.8 Å². The first kappa shape index (κ1) is 53.4. The van der Waals surface area contributed by atoms with Gasteiger partial charge in [-0.3, -0.25) is 48.7 Å². The number of imide groups is 2. The van der Waals surface area contributed by atoms with Gasteiger partial charge in [0.05, 0.1) is 39.5 Å². The lowest BCUT2D eigenvalue weighted by Crippen LogP contribution is -2.54. The molecule has 0 aromatic heterocycles. The summed E-state index contributed by atoms with van der Waals surface area (Å²) in [6.07, 6.45) is 5.08. The summed E-state index contributed by atoms with van der Waals surface area (Å²) in [5, 5.41) is 20.8. The Kier molecular flexibility index (Phi) is 18.1. The van der Waals surface area contributed by atoms with Crippen LogP contribution < -0.4 is 30.7 Å². The predicted octanol–water partition coefficient (Wildman–Crippen LogP) is 8.31. The summed E-state index contributed by atoms with van der Waals surface area (Å²) < 4.78 is 12.9. The summed E-state index contributed by atoms with van der Waals surface area (Å²) in [6, 6.07) is 32.5. The van der Waals surface area contributed by atoms with Crippen molar-refractivity contribution < 1.29 is 43.0 Å². The van der Waals surface area contributed by atoms with Crippen LogP contribution in [0.1, 0.15) is 119 Å². The third kappa shape index (κ3) is 13.5. The Hall–Kier alpha value is -7.87. The standard InChI is InChI=1S/C58H60ClN7O9/c1-37-41(18-11-19-43(37)40-16-4-2-5-17-40)36-75-50-32-49(74-35-39-15-10-14-38(30-39)33-60)42(31-45(50)59)34-65-29-9-6-22-47(65)55(70)62-28-8-3-7-27-61-51(67)23-13-24-52(68)63-46-21-12-20-44-54(46)58(73)66(57(44)72)48-25-26-53(69)64-56(48)71/h2,4-5,10-12,14-21,30-32,47-48H,3,6-9,13,22-29,34-36H2,1H3,(H,61,67)(H,62,70)(H,63,68)(H,64,69,71). The second-order valence-electron chi connectivity index (χ2n) is 19.0. The smallest absolute Gasteiger partial charge is 0.264 e. The number of halogens is 1. The van der Waals surface area contributed by atoms with E-state index in [1.165, 1.54) is 18.2 Å². The number of ether oxygens (including phenoxy) is 2. The number of piperidine rings is 2. The summed E-state index contributed by atoms with van der Waals surface area (Å²) in [6.45, 7) is 4.63. The Labute approximate surface area is 441 Å². The van der Waals surface area contributed by atoms with Gasteiger partial charge in [0.1, 0.15) is 30.8 Å². The van der Waals surface area contributed by atoms with Gasteiger partial charge < -0.3 is 25.4 Å². The van der Waals surface area contributed by atoms with E-state index >= 15 is 0 Å². The van der Waals surface area contributed by atoms with E-state index in [-0.39, 0.29) is 80.0 Å². The van der Waals surface area contributed by atoms with E-state index in [0.717, 1.165) is 64.0 Å². The summed E-state index contributed by atoms with van der Waals surface area (Å²) >= 11 is 6.97. The molecule has 0 spiro atoms. The molecule has 0 aliphatic carbocycles. The normalized spacial score (nSPS) is 16.4. The van der Waals surface area contributed by atoms with Crippen molar-refractivity contribution >= 4 is 58.6 Å². The number of hydrogen-bond acceptors (Lipinski definition) is 11. The van der Waals surface area contributed by atoms with Gasteiger partial charge in [-0.05, 0) is 117 Å². The molecule has 388 valence electrons. The van der Waals surface area contributed by atoms with Gasteiger partial charge in [-0.15, -0.1) is 0 Å². The number of likely N-dealkylation sites (tertiary alicyclic amines) is 1. The Morgan fingerprint density at radius 2 is 1.49 bits per heavy atom. The molecule has 0 bridgehead atoms. The van der Waals surface area contributed by atoms with Crippen LogP contribution in [0, 0.1) is 18.3 Å². The number of rotatable bonds is 22. The summed E-state index contributed by atoms with van der Waals surface area (Å²) in [7, 11) is 0. The van der Waals surface area contributed by atoms with Crippen molar-refractivity contribution in [3.05, 3.63) is 147 Å². The van der Waals surface area contributed by atoms with Gasteiger partial charge in [-0.2, -0.15) is 5.26 Å². The molecule has 0 saturated carbocycles. The SMILES string of the molecule is Cc1c(COc2cc(OCc3cccc(C#N)c3)c(CN3CCCCC3C(=O)NCCCCCNC(=O)CCCC(=O)Nc3cccc4c3C(=O)N(C3CCC(=O)NC3=O)C4=O)cc2Cl)cccc1-c1ccccc1. The van der Waals surface area contributed by atoms with E-state index < -0.39 is 35.6 Å². The van der Waals surface area contributed by atoms with E-state index in [1.807, 2.05) is 54.6 Å². The number of benzene rings is 5. The second-order valence-corrected chi connectivity index (χ2v) is 19.4. The highest BCUT2D eigenvalue weighted by Crippen LogP contribution is 2.37. The third-order valence-electron chi connectivity index (χ3n) is 13.8. The van der Waals surface area contributed by atoms with Crippen LogP contribution >= 0.6 is 11.6 Å². The number of anilines is 1. The van der Waals surface area contributed by atoms with Crippen molar-refractivity contribution in [2.75, 3.05) is 25.0 Å². The first-order valence-corrected chi connectivity index (χ1v) is 25.9. The first-order chi connectivity index (χ1) is 36.4. The zero-order valence-electron chi connectivity index (χ0n) is 41.9. The minimum Gasteiger partial charge on any atom is -0.488 e. The number of carbonyl (C=O) groups excluding carboxylic acids is 7. The largest absolute Gasteiger partial charge is 0.488 e. The number of hydrogen-bond donors (Lipinski definition) is 4. The van der Waals surface area contributed by atoms with Crippen molar-refractivity contribution in [1.29, 1.82) is 5.26 Å². The van der Waals surface area contributed by atoms with E-state index in [1.54, 1.807) is 12.1 Å². The Balaban J connectivity index is 0.781. The van der Waals surface area contributed by atoms with Crippen molar-refractivity contribution in [2.45, 2.75) is 109 Å². The molecule has 16 nitrogen and oxygen atoms in total. The summed E-state index contributed by atoms with van der Waals surface area (Å²) in [5.41, 5.74) is 6.73. The van der Waals surface area contributed by atoms with Crippen LogP contribution in [-0.4, -0.2) is 82.9 Å². The number of amides is 7. The molecule has 5 aromatic rings. The number of carbonyl (C=O) groups is 7. The first-order valence-electron chi connectivity index (χ1n) is 25.5. The highest BCUT2D eigenvalue weighted by molar-refractivity contribution is 6.32. The van der Waals surface area contributed by atoms with Crippen molar-refractivity contribution in [3.8, 4) is 28.7 Å². The molecule has 75 heavy (non-hydrogen) atoms. The third-order valence-corrected chi connectivity index (χ3v) is 14.1. The number of unbranched alkanes of at least 4 members (excludes halogenated alkanes) is 2. The van der Waals surface area contributed by atoms with Gasteiger partial charge in [0, 0.05) is 50.5 Å². The molecular formula is C58H60ClN7O9. The van der Waals surface area contributed by atoms with Gasteiger partial charge in [0.25, 0.3) is 11.8 Å². The summed E-state index contributed by atoms with van der Waals surface area (Å²) in [4.78, 5) is 92.8. The fourth-order valence-electron chi connectivity index (χ4n) is 9.77.